The van der Waals surface area contributed by atoms with Crippen molar-refractivity contribution >= 4 is 39.5 Å². The summed E-state index contributed by atoms with van der Waals surface area (Å²) in [7, 11) is -9.90. The Balaban J connectivity index is 5.23. The van der Waals surface area contributed by atoms with Crippen molar-refractivity contribution in [3.05, 3.63) is 0 Å². The number of ether oxygens (including phenoxy) is 4. The number of hydrogen-bond acceptors (Lipinski definition) is 15. The Hall–Kier alpha value is -1.94. The highest BCUT2D eigenvalue weighted by Gasteiger charge is 2.30. The van der Waals surface area contributed by atoms with Crippen molar-refractivity contribution < 1.29 is 80.2 Å². The molecular weight excluding hydrogens is 1190 g/mol. The quantitative estimate of drug-likeness (QED) is 0.0222. The summed E-state index contributed by atoms with van der Waals surface area (Å²) in [4.78, 5) is 72.5. The topological polar surface area (TPSA) is 237 Å². The third-order valence-electron chi connectivity index (χ3n) is 16.9. The van der Waals surface area contributed by atoms with Crippen molar-refractivity contribution in [2.45, 2.75) is 387 Å². The summed E-state index contributed by atoms with van der Waals surface area (Å²) in [6, 6.07) is 0. The molecule has 3 unspecified atom stereocenters. The highest BCUT2D eigenvalue weighted by molar-refractivity contribution is 7.47. The van der Waals surface area contributed by atoms with E-state index in [2.05, 4.69) is 34.6 Å². The van der Waals surface area contributed by atoms with Gasteiger partial charge in [-0.2, -0.15) is 0 Å². The Kier molecular flexibility index (Phi) is 63.0. The van der Waals surface area contributed by atoms with E-state index in [9.17, 15) is 43.2 Å². The van der Waals surface area contributed by atoms with E-state index in [0.717, 1.165) is 102 Å². The van der Waals surface area contributed by atoms with Gasteiger partial charge in [0, 0.05) is 25.7 Å². The van der Waals surface area contributed by atoms with E-state index in [0.29, 0.717) is 25.7 Å². The second-order valence-electron chi connectivity index (χ2n) is 25.9. The summed E-state index contributed by atoms with van der Waals surface area (Å²) >= 11 is 0. The molecule has 0 aromatic rings. The molecule has 0 aliphatic rings. The van der Waals surface area contributed by atoms with Crippen LogP contribution in [0, 0.1) is 5.92 Å². The molecule has 0 saturated carbocycles. The Labute approximate surface area is 549 Å². The molecule has 0 aromatic carbocycles. The van der Waals surface area contributed by atoms with Gasteiger partial charge in [0.2, 0.25) is 0 Å². The highest BCUT2D eigenvalue weighted by atomic mass is 31.2. The maximum atomic E-state index is 13.0. The van der Waals surface area contributed by atoms with E-state index in [1.165, 1.54) is 186 Å². The van der Waals surface area contributed by atoms with Crippen LogP contribution in [0.25, 0.3) is 0 Å². The van der Waals surface area contributed by atoms with Gasteiger partial charge < -0.3 is 33.8 Å². The zero-order chi connectivity index (χ0) is 66.3. The highest BCUT2D eigenvalue weighted by Crippen LogP contribution is 2.45. The number of aliphatic hydroxyl groups is 1. The molecule has 6 atom stereocenters. The Morgan fingerprint density at radius 3 is 0.789 bits per heavy atom. The molecule has 0 bridgehead atoms. The van der Waals surface area contributed by atoms with E-state index in [-0.39, 0.29) is 25.7 Å². The molecule has 0 fully saturated rings. The van der Waals surface area contributed by atoms with Crippen LogP contribution < -0.4 is 0 Å². The molecule has 0 radical (unpaired) electrons. The van der Waals surface area contributed by atoms with Gasteiger partial charge in [0.15, 0.2) is 12.2 Å². The maximum Gasteiger partial charge on any atom is 0.472 e. The fourth-order valence-corrected chi connectivity index (χ4v) is 12.4. The predicted octanol–water partition coefficient (Wildman–Crippen LogP) is 20.5. The third kappa shape index (κ3) is 63.5. The molecule has 0 rings (SSSR count). The van der Waals surface area contributed by atoms with Gasteiger partial charge in [-0.1, -0.05) is 317 Å². The normalized spacial score (nSPS) is 14.4. The molecule has 0 aliphatic heterocycles. The van der Waals surface area contributed by atoms with Gasteiger partial charge in [-0.25, -0.2) is 9.13 Å². The van der Waals surface area contributed by atoms with Crippen LogP contribution in [0.3, 0.4) is 0 Å². The molecule has 0 aliphatic carbocycles. The average molecular weight is 1330 g/mol. The van der Waals surface area contributed by atoms with Crippen molar-refractivity contribution in [3.8, 4) is 0 Å². The van der Waals surface area contributed by atoms with Gasteiger partial charge in [-0.05, 0) is 31.6 Å². The van der Waals surface area contributed by atoms with Gasteiger partial charge in [0.1, 0.15) is 19.3 Å². The summed E-state index contributed by atoms with van der Waals surface area (Å²) in [5.74, 6) is -1.31. The molecule has 90 heavy (non-hydrogen) atoms. The third-order valence-corrected chi connectivity index (χ3v) is 18.8. The first-order valence-electron chi connectivity index (χ1n) is 37.2. The largest absolute Gasteiger partial charge is 0.472 e. The van der Waals surface area contributed by atoms with Crippen LogP contribution in [0.15, 0.2) is 0 Å². The molecular formula is C71H138O17P2. The molecule has 534 valence electrons. The molecule has 17 nitrogen and oxygen atoms in total. The number of unbranched alkanes of at least 4 members (excludes halogenated alkanes) is 42. The second-order valence-corrected chi connectivity index (χ2v) is 28.8. The van der Waals surface area contributed by atoms with Gasteiger partial charge in [-0.3, -0.25) is 37.3 Å². The lowest BCUT2D eigenvalue weighted by Gasteiger charge is -2.21. The summed E-state index contributed by atoms with van der Waals surface area (Å²) in [5.41, 5.74) is 0. The monoisotopic (exact) mass is 1320 g/mol. The number of phosphoric acid groups is 2. The van der Waals surface area contributed by atoms with Crippen molar-refractivity contribution in [2.24, 2.45) is 5.92 Å². The van der Waals surface area contributed by atoms with E-state index < -0.39 is 97.5 Å². The zero-order valence-electron chi connectivity index (χ0n) is 58.3. The van der Waals surface area contributed by atoms with Crippen molar-refractivity contribution in [1.82, 2.24) is 0 Å². The van der Waals surface area contributed by atoms with Crippen molar-refractivity contribution in [1.29, 1.82) is 0 Å². The van der Waals surface area contributed by atoms with Crippen LogP contribution in [0.2, 0.25) is 0 Å². The van der Waals surface area contributed by atoms with E-state index in [1.807, 2.05) is 0 Å². The molecule has 0 amide bonds. The first kappa shape index (κ1) is 88.1. The standard InChI is InChI=1S/C71H138O17P2/c1-6-10-13-16-19-22-24-26-27-28-29-31-37-42-47-52-57-71(76)88-67(61-82-69(74)55-50-45-40-35-33-32-34-38-43-48-53-64(5)9-4)63-86-90(79,80)84-59-65(72)58-83-89(77,78)85-62-66(60-81-68(73)54-49-44-39-21-18-15-12-8-3)87-70(75)56-51-46-41-36-30-25-23-20-17-14-11-7-2/h64-67,72H,6-63H2,1-5H3,(H,77,78)(H,79,80)/t64?,65-,66+,67+/m0/s1. The van der Waals surface area contributed by atoms with Crippen LogP contribution >= 0.6 is 15.6 Å². The molecule has 3 N–H and O–H groups in total. The Bertz CT molecular complexity index is 1740. The SMILES string of the molecule is CCCCCCCCCCCCCCCCCCC(=O)O[C@H](COC(=O)CCCCCCCCCCCCC(C)CC)COP(=O)(O)OC[C@@H](O)COP(=O)(O)OC[C@@H](COC(=O)CCCCCCCCCC)OC(=O)CCCCCCCCCCCCCC. The summed E-state index contributed by atoms with van der Waals surface area (Å²) in [6.07, 6.45) is 51.2. The van der Waals surface area contributed by atoms with E-state index in [4.69, 9.17) is 37.0 Å². The second kappa shape index (κ2) is 64.4. The van der Waals surface area contributed by atoms with Crippen LogP contribution in [0.5, 0.6) is 0 Å². The number of phosphoric ester groups is 2. The first-order chi connectivity index (χ1) is 43.6. The van der Waals surface area contributed by atoms with Gasteiger partial charge in [0.05, 0.1) is 26.4 Å². The summed E-state index contributed by atoms with van der Waals surface area (Å²) in [5, 5.41) is 10.6. The van der Waals surface area contributed by atoms with Gasteiger partial charge >= 0.3 is 39.5 Å². The number of carbonyl (C=O) groups excluding carboxylic acids is 4. The lowest BCUT2D eigenvalue weighted by Crippen LogP contribution is -2.30. The zero-order valence-corrected chi connectivity index (χ0v) is 60.1. The summed E-state index contributed by atoms with van der Waals surface area (Å²) < 4.78 is 68.3. The molecule has 0 aromatic heterocycles. The number of aliphatic hydroxyl groups excluding tert-OH is 1. The van der Waals surface area contributed by atoms with Crippen molar-refractivity contribution in [2.75, 3.05) is 39.6 Å². The fraction of sp³-hybridized carbons (Fsp3) is 0.944. The predicted molar refractivity (Wildman–Crippen MR) is 363 cm³/mol. The van der Waals surface area contributed by atoms with Crippen LogP contribution in [-0.2, 0) is 65.4 Å². The number of hydrogen-bond donors (Lipinski definition) is 3. The maximum absolute atomic E-state index is 13.0. The smallest absolute Gasteiger partial charge is 0.462 e. The molecule has 0 spiro atoms. The number of rotatable bonds is 71. The molecule has 0 saturated heterocycles. The number of carbonyl (C=O) groups is 4. The van der Waals surface area contributed by atoms with Crippen LogP contribution in [0.1, 0.15) is 369 Å². The minimum atomic E-state index is -4.95. The molecule has 0 heterocycles. The van der Waals surface area contributed by atoms with E-state index in [1.54, 1.807) is 0 Å². The minimum Gasteiger partial charge on any atom is -0.462 e. The minimum absolute atomic E-state index is 0.107. The Morgan fingerprint density at radius 1 is 0.311 bits per heavy atom. The lowest BCUT2D eigenvalue weighted by molar-refractivity contribution is -0.161. The van der Waals surface area contributed by atoms with Crippen molar-refractivity contribution in [3.63, 3.8) is 0 Å². The van der Waals surface area contributed by atoms with Crippen LogP contribution in [-0.4, -0.2) is 96.7 Å². The van der Waals surface area contributed by atoms with Gasteiger partial charge in [-0.15, -0.1) is 0 Å². The lowest BCUT2D eigenvalue weighted by atomic mass is 9.99. The van der Waals surface area contributed by atoms with E-state index >= 15 is 0 Å². The average Bonchev–Trinajstić information content (AvgIpc) is 3.59. The molecule has 19 heteroatoms. The number of esters is 4. The first-order valence-corrected chi connectivity index (χ1v) is 40.2. The van der Waals surface area contributed by atoms with Gasteiger partial charge in [0.25, 0.3) is 0 Å². The Morgan fingerprint density at radius 2 is 0.533 bits per heavy atom. The van der Waals surface area contributed by atoms with Crippen LogP contribution in [0.4, 0.5) is 0 Å². The summed E-state index contributed by atoms with van der Waals surface area (Å²) in [6.45, 7) is 7.26. The fourth-order valence-electron chi connectivity index (χ4n) is 10.8.